The zero-order valence-electron chi connectivity index (χ0n) is 9.97. The molecule has 0 aliphatic heterocycles. The van der Waals surface area contributed by atoms with E-state index in [1.165, 1.54) is 12.1 Å². The summed E-state index contributed by atoms with van der Waals surface area (Å²) in [6, 6.07) is 10.4. The number of aryl methyl sites for hydroxylation is 1. The highest BCUT2D eigenvalue weighted by atomic mass is 19.1. The summed E-state index contributed by atoms with van der Waals surface area (Å²) in [6.07, 6.45) is 2.47. The molecule has 0 saturated heterocycles. The van der Waals surface area contributed by atoms with Gasteiger partial charge in [0.1, 0.15) is 5.82 Å². The molecule has 0 saturated carbocycles. The molecule has 4 heteroatoms. The Balaban J connectivity index is 1.95. The second kappa shape index (κ2) is 4.22. The van der Waals surface area contributed by atoms with E-state index in [-0.39, 0.29) is 5.82 Å². The molecule has 3 rings (SSSR count). The van der Waals surface area contributed by atoms with E-state index < -0.39 is 0 Å². The van der Waals surface area contributed by atoms with Crippen molar-refractivity contribution in [3.05, 3.63) is 65.4 Å². The first kappa shape index (κ1) is 10.9. The first-order chi connectivity index (χ1) is 8.70. The van der Waals surface area contributed by atoms with Gasteiger partial charge in [-0.3, -0.25) is 0 Å². The van der Waals surface area contributed by atoms with Crippen LogP contribution >= 0.6 is 0 Å². The van der Waals surface area contributed by atoms with Crippen molar-refractivity contribution in [1.82, 2.24) is 14.6 Å². The topological polar surface area (TPSA) is 30.2 Å². The molecule has 0 atom stereocenters. The lowest BCUT2D eigenvalue weighted by molar-refractivity contribution is 0.625. The number of halogens is 1. The number of benzene rings is 1. The fraction of sp³-hybridized carbons (Fsp3) is 0.143. The highest BCUT2D eigenvalue weighted by Gasteiger charge is 2.05. The molecule has 0 radical (unpaired) electrons. The van der Waals surface area contributed by atoms with Gasteiger partial charge in [-0.2, -0.15) is 5.10 Å². The fourth-order valence-corrected chi connectivity index (χ4v) is 1.94. The Morgan fingerprint density at radius 2 is 2.11 bits per heavy atom. The zero-order valence-corrected chi connectivity index (χ0v) is 9.97. The number of aromatic nitrogens is 3. The monoisotopic (exact) mass is 241 g/mol. The summed E-state index contributed by atoms with van der Waals surface area (Å²) >= 11 is 0. The first-order valence-electron chi connectivity index (χ1n) is 5.77. The quantitative estimate of drug-likeness (QED) is 0.690. The van der Waals surface area contributed by atoms with Gasteiger partial charge in [-0.1, -0.05) is 18.2 Å². The smallest absolute Gasteiger partial charge is 0.156 e. The van der Waals surface area contributed by atoms with Crippen LogP contribution in [0.2, 0.25) is 0 Å². The first-order valence-corrected chi connectivity index (χ1v) is 5.77. The Hall–Kier alpha value is -2.23. The molecule has 3 aromatic rings. The Bertz CT molecular complexity index is 703. The lowest BCUT2D eigenvalue weighted by atomic mass is 10.1. The zero-order chi connectivity index (χ0) is 12.5. The predicted octanol–water partition coefficient (Wildman–Crippen LogP) is 2.77. The average molecular weight is 241 g/mol. The molecule has 3 nitrogen and oxygen atoms in total. The molecule has 2 aromatic heterocycles. The molecule has 0 aliphatic carbocycles. The second-order valence-corrected chi connectivity index (χ2v) is 4.34. The summed E-state index contributed by atoms with van der Waals surface area (Å²) in [5.74, 6) is 0.471. The van der Waals surface area contributed by atoms with Crippen LogP contribution in [0.1, 0.15) is 17.0 Å². The van der Waals surface area contributed by atoms with Crippen LogP contribution < -0.4 is 0 Å². The van der Waals surface area contributed by atoms with Gasteiger partial charge in [0.25, 0.3) is 0 Å². The van der Waals surface area contributed by atoms with E-state index in [4.69, 9.17) is 0 Å². The molecule has 90 valence electrons. The largest absolute Gasteiger partial charge is 0.221 e. The Labute approximate surface area is 104 Å². The van der Waals surface area contributed by atoms with Crippen molar-refractivity contribution < 1.29 is 4.39 Å². The van der Waals surface area contributed by atoms with Gasteiger partial charge in [-0.15, -0.1) is 0 Å². The molecule has 0 aliphatic rings. The van der Waals surface area contributed by atoms with Gasteiger partial charge in [-0.05, 0) is 36.2 Å². The predicted molar refractivity (Wildman–Crippen MR) is 66.9 cm³/mol. The SMILES string of the molecule is Cc1ccc2nc(Cc3cccc(F)c3)nn2c1. The van der Waals surface area contributed by atoms with Gasteiger partial charge in [-0.25, -0.2) is 13.9 Å². The minimum Gasteiger partial charge on any atom is -0.221 e. The lowest BCUT2D eigenvalue weighted by Gasteiger charge is -1.96. The molecule has 2 heterocycles. The molecule has 0 unspecified atom stereocenters. The van der Waals surface area contributed by atoms with Crippen LogP contribution in [0, 0.1) is 12.7 Å². The molecular weight excluding hydrogens is 229 g/mol. The van der Waals surface area contributed by atoms with Crippen molar-refractivity contribution in [2.75, 3.05) is 0 Å². The van der Waals surface area contributed by atoms with E-state index in [0.717, 1.165) is 16.8 Å². The number of nitrogens with zero attached hydrogens (tertiary/aromatic N) is 3. The minimum atomic E-state index is -0.230. The summed E-state index contributed by atoms with van der Waals surface area (Å²) in [5.41, 5.74) is 2.82. The molecule has 0 N–H and O–H groups in total. The highest BCUT2D eigenvalue weighted by Crippen LogP contribution is 2.10. The van der Waals surface area contributed by atoms with E-state index in [9.17, 15) is 4.39 Å². The van der Waals surface area contributed by atoms with Crippen molar-refractivity contribution in [2.24, 2.45) is 0 Å². The van der Waals surface area contributed by atoms with E-state index in [2.05, 4.69) is 10.1 Å². The molecule has 0 fully saturated rings. The molecular formula is C14H12FN3. The Morgan fingerprint density at radius 3 is 2.94 bits per heavy atom. The van der Waals surface area contributed by atoms with Gasteiger partial charge in [0, 0.05) is 12.6 Å². The van der Waals surface area contributed by atoms with E-state index in [1.807, 2.05) is 31.3 Å². The normalized spacial score (nSPS) is 11.0. The number of rotatable bonds is 2. The molecule has 18 heavy (non-hydrogen) atoms. The van der Waals surface area contributed by atoms with E-state index in [0.29, 0.717) is 12.2 Å². The fourth-order valence-electron chi connectivity index (χ4n) is 1.94. The van der Waals surface area contributed by atoms with E-state index in [1.54, 1.807) is 10.6 Å². The van der Waals surface area contributed by atoms with Gasteiger partial charge < -0.3 is 0 Å². The molecule has 1 aromatic carbocycles. The van der Waals surface area contributed by atoms with Crippen molar-refractivity contribution in [3.8, 4) is 0 Å². The Morgan fingerprint density at radius 1 is 1.22 bits per heavy atom. The summed E-state index contributed by atoms with van der Waals surface area (Å²) in [7, 11) is 0. The minimum absolute atomic E-state index is 0.230. The number of pyridine rings is 1. The van der Waals surface area contributed by atoms with Gasteiger partial charge >= 0.3 is 0 Å². The summed E-state index contributed by atoms with van der Waals surface area (Å²) < 4.78 is 14.8. The van der Waals surface area contributed by atoms with Crippen LogP contribution in [-0.2, 0) is 6.42 Å². The third-order valence-corrected chi connectivity index (χ3v) is 2.77. The second-order valence-electron chi connectivity index (χ2n) is 4.34. The van der Waals surface area contributed by atoms with Crippen molar-refractivity contribution in [2.45, 2.75) is 13.3 Å². The van der Waals surface area contributed by atoms with Crippen LogP contribution in [0.4, 0.5) is 4.39 Å². The number of hydrogen-bond acceptors (Lipinski definition) is 2. The third-order valence-electron chi connectivity index (χ3n) is 2.77. The van der Waals surface area contributed by atoms with Crippen LogP contribution in [0.5, 0.6) is 0 Å². The summed E-state index contributed by atoms with van der Waals surface area (Å²) in [6.45, 7) is 2.01. The van der Waals surface area contributed by atoms with E-state index >= 15 is 0 Å². The van der Waals surface area contributed by atoms with Crippen molar-refractivity contribution in [3.63, 3.8) is 0 Å². The maximum Gasteiger partial charge on any atom is 0.156 e. The van der Waals surface area contributed by atoms with Crippen LogP contribution in [0.15, 0.2) is 42.6 Å². The Kier molecular flexibility index (Phi) is 2.55. The highest BCUT2D eigenvalue weighted by molar-refractivity contribution is 5.39. The van der Waals surface area contributed by atoms with Gasteiger partial charge in [0.05, 0.1) is 0 Å². The number of fused-ring (bicyclic) bond motifs is 1. The van der Waals surface area contributed by atoms with Crippen LogP contribution in [0.25, 0.3) is 5.65 Å². The van der Waals surface area contributed by atoms with Crippen molar-refractivity contribution >= 4 is 5.65 Å². The molecule has 0 bridgehead atoms. The van der Waals surface area contributed by atoms with Gasteiger partial charge in [0.15, 0.2) is 11.5 Å². The maximum absolute atomic E-state index is 13.1. The standard InChI is InChI=1S/C14H12FN3/c1-10-5-6-14-16-13(17-18(14)9-10)8-11-3-2-4-12(15)7-11/h2-7,9H,8H2,1H3. The maximum atomic E-state index is 13.1. The molecule has 0 spiro atoms. The summed E-state index contributed by atoms with van der Waals surface area (Å²) in [4.78, 5) is 4.41. The van der Waals surface area contributed by atoms with Crippen LogP contribution in [0.3, 0.4) is 0 Å². The molecule has 0 amide bonds. The summed E-state index contributed by atoms with van der Waals surface area (Å²) in [5, 5.41) is 4.38. The van der Waals surface area contributed by atoms with Crippen LogP contribution in [-0.4, -0.2) is 14.6 Å². The lowest BCUT2D eigenvalue weighted by Crippen LogP contribution is -1.93. The third kappa shape index (κ3) is 2.09. The number of hydrogen-bond donors (Lipinski definition) is 0. The average Bonchev–Trinajstić information content (AvgIpc) is 2.70. The van der Waals surface area contributed by atoms with Crippen molar-refractivity contribution in [1.29, 1.82) is 0 Å². The van der Waals surface area contributed by atoms with Gasteiger partial charge in [0.2, 0.25) is 0 Å².